The van der Waals surface area contributed by atoms with Gasteiger partial charge in [0.1, 0.15) is 0 Å². The maximum absolute atomic E-state index is 6.51. The minimum absolute atomic E-state index is 0.409. The van der Waals surface area contributed by atoms with Crippen molar-refractivity contribution in [2.45, 2.75) is 12.4 Å². The summed E-state index contributed by atoms with van der Waals surface area (Å²) < 4.78 is 0. The molecule has 0 fully saturated rings. The quantitative estimate of drug-likeness (QED) is 0.426. The third kappa shape index (κ3) is 2.47. The summed E-state index contributed by atoms with van der Waals surface area (Å²) in [6, 6.07) is 5.59. The van der Waals surface area contributed by atoms with Crippen molar-refractivity contribution < 1.29 is 0 Å². The highest BCUT2D eigenvalue weighted by atomic mass is 35.5. The molecule has 0 spiro atoms. The van der Waals surface area contributed by atoms with Gasteiger partial charge in [-0.15, -0.1) is 11.6 Å². The van der Waals surface area contributed by atoms with Gasteiger partial charge in [0.05, 0.1) is 23.8 Å². The maximum Gasteiger partial charge on any atom is 0.0769 e. The Morgan fingerprint density at radius 1 is 1.50 bits per heavy atom. The fraction of sp³-hybridized carbons (Fsp3) is 0.286. The number of nitrogens with one attached hydrogen (secondary N) is 2. The van der Waals surface area contributed by atoms with Crippen LogP contribution in [-0.2, 0) is 12.4 Å². The van der Waals surface area contributed by atoms with Crippen molar-refractivity contribution in [2.75, 3.05) is 0 Å². The molecule has 12 heavy (non-hydrogen) atoms. The van der Waals surface area contributed by atoms with E-state index >= 15 is 0 Å². The monoisotopic (exact) mass is 184 g/mol. The van der Waals surface area contributed by atoms with Crippen LogP contribution in [0.25, 0.3) is 0 Å². The summed E-state index contributed by atoms with van der Waals surface area (Å²) in [5, 5.41) is 3.01. The molecule has 1 heterocycles. The van der Waals surface area contributed by atoms with E-state index in [0.29, 0.717) is 12.4 Å². The van der Waals surface area contributed by atoms with E-state index in [1.807, 2.05) is 18.2 Å². The molecule has 0 aromatic carbocycles. The van der Waals surface area contributed by atoms with Crippen molar-refractivity contribution in [1.29, 1.82) is 5.53 Å². The Morgan fingerprint density at radius 2 is 2.25 bits per heavy atom. The van der Waals surface area contributed by atoms with Crippen LogP contribution >= 0.6 is 11.6 Å². The second-order valence-corrected chi connectivity index (χ2v) is 2.47. The lowest BCUT2D eigenvalue weighted by molar-refractivity contribution is 0.660. The zero-order valence-corrected chi connectivity index (χ0v) is 7.17. The van der Waals surface area contributed by atoms with E-state index in [1.54, 1.807) is 0 Å². The van der Waals surface area contributed by atoms with Crippen LogP contribution in [0.1, 0.15) is 11.4 Å². The number of aromatic nitrogens is 1. The summed E-state index contributed by atoms with van der Waals surface area (Å²) in [5.74, 6) is 0.409. The molecule has 1 rings (SSSR count). The summed E-state index contributed by atoms with van der Waals surface area (Å²) in [6.45, 7) is 0.466. The zero-order valence-electron chi connectivity index (χ0n) is 6.42. The second-order valence-electron chi connectivity index (χ2n) is 2.20. The van der Waals surface area contributed by atoms with Gasteiger partial charge in [-0.05, 0) is 12.1 Å². The average molecular weight is 185 g/mol. The van der Waals surface area contributed by atoms with Crippen LogP contribution in [0.2, 0.25) is 0 Å². The van der Waals surface area contributed by atoms with Crippen LogP contribution in [0, 0.1) is 5.53 Å². The van der Waals surface area contributed by atoms with Gasteiger partial charge in [0.25, 0.3) is 0 Å². The SMILES string of the molecule is N=NNCc1cccc(CCl)n1. The number of alkyl halides is 1. The number of pyridine rings is 1. The first-order valence-corrected chi connectivity index (χ1v) is 4.00. The van der Waals surface area contributed by atoms with Crippen LogP contribution in [0.15, 0.2) is 23.4 Å². The fourth-order valence-corrected chi connectivity index (χ4v) is 0.972. The molecule has 0 radical (unpaired) electrons. The van der Waals surface area contributed by atoms with E-state index in [1.165, 1.54) is 0 Å². The highest BCUT2D eigenvalue weighted by Gasteiger charge is 1.94. The molecule has 0 saturated carbocycles. The van der Waals surface area contributed by atoms with Crippen molar-refractivity contribution in [2.24, 2.45) is 5.22 Å². The van der Waals surface area contributed by atoms with Gasteiger partial charge >= 0.3 is 0 Å². The van der Waals surface area contributed by atoms with Gasteiger partial charge in [-0.25, -0.2) is 0 Å². The molecule has 0 saturated heterocycles. The van der Waals surface area contributed by atoms with Crippen LogP contribution in [-0.4, -0.2) is 4.98 Å². The maximum atomic E-state index is 6.51. The number of hydrogen-bond donors (Lipinski definition) is 2. The molecule has 0 aliphatic carbocycles. The highest BCUT2D eigenvalue weighted by Crippen LogP contribution is 2.01. The van der Waals surface area contributed by atoms with E-state index in [2.05, 4.69) is 15.6 Å². The Labute approximate surface area is 75.4 Å². The van der Waals surface area contributed by atoms with Crippen molar-refractivity contribution in [1.82, 2.24) is 10.4 Å². The van der Waals surface area contributed by atoms with Gasteiger partial charge in [-0.2, -0.15) is 5.53 Å². The van der Waals surface area contributed by atoms with E-state index < -0.39 is 0 Å². The molecular formula is C7H9ClN4. The second kappa shape index (κ2) is 4.66. The minimum atomic E-state index is 0.409. The topological polar surface area (TPSA) is 61.1 Å². The summed E-state index contributed by atoms with van der Waals surface area (Å²) >= 11 is 5.59. The number of rotatable bonds is 4. The van der Waals surface area contributed by atoms with E-state index in [4.69, 9.17) is 17.1 Å². The lowest BCUT2D eigenvalue weighted by Crippen LogP contribution is -2.05. The molecule has 0 atom stereocenters. The van der Waals surface area contributed by atoms with Crippen molar-refractivity contribution in [3.05, 3.63) is 29.6 Å². The standard InChI is InChI=1S/C7H9ClN4/c8-4-6-2-1-3-7(11-6)5-10-12-9/h1-3H,4-5H2,(H2,9,10). The molecule has 1 aromatic rings. The third-order valence-corrected chi connectivity index (χ3v) is 1.61. The molecule has 2 N–H and O–H groups in total. The zero-order chi connectivity index (χ0) is 8.81. The van der Waals surface area contributed by atoms with E-state index in [-0.39, 0.29) is 0 Å². The molecule has 0 unspecified atom stereocenters. The predicted octanol–water partition coefficient (Wildman–Crippen LogP) is 1.86. The van der Waals surface area contributed by atoms with Crippen molar-refractivity contribution in [3.8, 4) is 0 Å². The fourth-order valence-electron chi connectivity index (χ4n) is 0.823. The molecule has 5 heteroatoms. The van der Waals surface area contributed by atoms with Gasteiger partial charge in [-0.3, -0.25) is 10.4 Å². The van der Waals surface area contributed by atoms with Crippen LogP contribution in [0.5, 0.6) is 0 Å². The molecule has 0 bridgehead atoms. The summed E-state index contributed by atoms with van der Waals surface area (Å²) in [6.07, 6.45) is 0. The Kier molecular flexibility index (Phi) is 3.47. The number of hydrogen-bond acceptors (Lipinski definition) is 3. The Bertz CT molecular complexity index is 263. The normalized spacial score (nSPS) is 9.42. The smallest absolute Gasteiger partial charge is 0.0769 e. The minimum Gasteiger partial charge on any atom is -0.286 e. The highest BCUT2D eigenvalue weighted by molar-refractivity contribution is 6.16. The lowest BCUT2D eigenvalue weighted by atomic mass is 10.3. The summed E-state index contributed by atoms with van der Waals surface area (Å²) in [5.41, 5.74) is 10.7. The Balaban J connectivity index is 2.65. The lowest BCUT2D eigenvalue weighted by Gasteiger charge is -2.00. The predicted molar refractivity (Wildman–Crippen MR) is 45.8 cm³/mol. The van der Waals surface area contributed by atoms with Gasteiger partial charge in [0.2, 0.25) is 0 Å². The first-order valence-electron chi connectivity index (χ1n) is 3.47. The molecule has 0 aliphatic heterocycles. The van der Waals surface area contributed by atoms with Crippen LogP contribution < -0.4 is 5.43 Å². The molecule has 64 valence electrons. The van der Waals surface area contributed by atoms with Gasteiger partial charge in [-0.1, -0.05) is 11.3 Å². The molecule has 0 amide bonds. The molecular weight excluding hydrogens is 176 g/mol. The Morgan fingerprint density at radius 3 is 2.92 bits per heavy atom. The number of halogens is 1. The van der Waals surface area contributed by atoms with Gasteiger partial charge in [0.15, 0.2) is 0 Å². The van der Waals surface area contributed by atoms with Crippen molar-refractivity contribution >= 4 is 11.6 Å². The average Bonchev–Trinajstić information content (AvgIpc) is 2.15. The first kappa shape index (κ1) is 8.93. The van der Waals surface area contributed by atoms with Crippen LogP contribution in [0.4, 0.5) is 0 Å². The van der Waals surface area contributed by atoms with Gasteiger partial charge < -0.3 is 0 Å². The largest absolute Gasteiger partial charge is 0.286 e. The molecule has 0 aliphatic rings. The third-order valence-electron chi connectivity index (χ3n) is 1.34. The Hall–Kier alpha value is -1.16. The van der Waals surface area contributed by atoms with Gasteiger partial charge in [0, 0.05) is 0 Å². The summed E-state index contributed by atoms with van der Waals surface area (Å²) in [7, 11) is 0. The van der Waals surface area contributed by atoms with E-state index in [0.717, 1.165) is 11.4 Å². The molecule has 4 nitrogen and oxygen atoms in total. The molecule has 1 aromatic heterocycles. The first-order chi connectivity index (χ1) is 5.86. The summed E-state index contributed by atoms with van der Waals surface area (Å²) in [4.78, 5) is 4.19. The van der Waals surface area contributed by atoms with Crippen LogP contribution in [0.3, 0.4) is 0 Å². The van der Waals surface area contributed by atoms with Crippen molar-refractivity contribution in [3.63, 3.8) is 0 Å². The number of nitrogens with zero attached hydrogens (tertiary/aromatic N) is 2. The van der Waals surface area contributed by atoms with E-state index in [9.17, 15) is 0 Å².